The van der Waals surface area contributed by atoms with Crippen LogP contribution < -0.4 is 21.1 Å². The van der Waals surface area contributed by atoms with E-state index >= 15 is 0 Å². The summed E-state index contributed by atoms with van der Waals surface area (Å²) in [6, 6.07) is 5.63. The molecular formula is C24H29N5O5. The second-order valence-electron chi connectivity index (χ2n) is 8.80. The zero-order valence-electron chi connectivity index (χ0n) is 19.6. The highest BCUT2D eigenvalue weighted by atomic mass is 16.5. The minimum atomic E-state index is -0.969. The van der Waals surface area contributed by atoms with E-state index in [9.17, 15) is 19.2 Å². The first-order chi connectivity index (χ1) is 16.3. The van der Waals surface area contributed by atoms with Crippen molar-refractivity contribution in [2.24, 2.45) is 5.92 Å². The SMILES string of the molecule is CCOC(=O)C1CCCN(c2nc3c(c(=O)[nH]2)C(C(=O)Nc2ccc(C)cc2C)CC(=O)N3)C1. The molecule has 10 nitrogen and oxygen atoms in total. The molecule has 180 valence electrons. The average molecular weight is 468 g/mol. The van der Waals surface area contributed by atoms with Crippen molar-refractivity contribution in [3.63, 3.8) is 0 Å². The fourth-order valence-corrected chi connectivity index (χ4v) is 4.53. The van der Waals surface area contributed by atoms with E-state index in [1.807, 2.05) is 26.0 Å². The highest BCUT2D eigenvalue weighted by Crippen LogP contribution is 2.31. The molecule has 3 N–H and O–H groups in total. The number of fused-ring (bicyclic) bond motifs is 1. The van der Waals surface area contributed by atoms with E-state index in [2.05, 4.69) is 20.6 Å². The number of piperidine rings is 1. The number of carbonyl (C=O) groups is 3. The Morgan fingerprint density at radius 3 is 2.79 bits per heavy atom. The summed E-state index contributed by atoms with van der Waals surface area (Å²) < 4.78 is 5.14. The van der Waals surface area contributed by atoms with Crippen LogP contribution in [0.5, 0.6) is 0 Å². The Kier molecular flexibility index (Phi) is 6.67. The molecule has 0 spiro atoms. The number of aryl methyl sites for hydroxylation is 2. The van der Waals surface area contributed by atoms with Crippen molar-refractivity contribution < 1.29 is 19.1 Å². The Hall–Kier alpha value is -3.69. The van der Waals surface area contributed by atoms with Crippen LogP contribution in [0, 0.1) is 19.8 Å². The average Bonchev–Trinajstić information content (AvgIpc) is 2.80. The molecule has 1 aromatic carbocycles. The van der Waals surface area contributed by atoms with Gasteiger partial charge >= 0.3 is 5.97 Å². The molecule has 2 aromatic rings. The molecule has 2 aliphatic heterocycles. The van der Waals surface area contributed by atoms with E-state index in [0.717, 1.165) is 17.5 Å². The number of hydrogen-bond acceptors (Lipinski definition) is 7. The number of amides is 2. The summed E-state index contributed by atoms with van der Waals surface area (Å²) in [5, 5.41) is 5.48. The number of anilines is 3. The molecule has 2 amide bonds. The van der Waals surface area contributed by atoms with Crippen LogP contribution in [0.4, 0.5) is 17.5 Å². The second kappa shape index (κ2) is 9.66. The van der Waals surface area contributed by atoms with Crippen LogP contribution in [-0.4, -0.2) is 47.4 Å². The molecule has 0 bridgehead atoms. The summed E-state index contributed by atoms with van der Waals surface area (Å²) in [5.74, 6) is -2.06. The lowest BCUT2D eigenvalue weighted by atomic mass is 9.92. The van der Waals surface area contributed by atoms with Crippen LogP contribution >= 0.6 is 0 Å². The minimum absolute atomic E-state index is 0.0778. The van der Waals surface area contributed by atoms with Gasteiger partial charge in [0.1, 0.15) is 5.82 Å². The number of aromatic amines is 1. The molecule has 0 radical (unpaired) electrons. The van der Waals surface area contributed by atoms with Gasteiger partial charge in [-0.05, 0) is 45.2 Å². The van der Waals surface area contributed by atoms with Gasteiger partial charge in [0.25, 0.3) is 5.56 Å². The van der Waals surface area contributed by atoms with Crippen molar-refractivity contribution in [1.29, 1.82) is 0 Å². The number of nitrogens with one attached hydrogen (secondary N) is 3. The van der Waals surface area contributed by atoms with Crippen molar-refractivity contribution in [2.45, 2.75) is 46.0 Å². The van der Waals surface area contributed by atoms with Gasteiger partial charge < -0.3 is 20.3 Å². The molecule has 1 aromatic heterocycles. The molecule has 2 aliphatic rings. The summed E-state index contributed by atoms with van der Waals surface area (Å²) >= 11 is 0. The zero-order valence-corrected chi connectivity index (χ0v) is 19.6. The molecular weight excluding hydrogens is 438 g/mol. The Balaban J connectivity index is 1.60. The Morgan fingerprint density at radius 1 is 1.26 bits per heavy atom. The van der Waals surface area contributed by atoms with E-state index < -0.39 is 17.4 Å². The summed E-state index contributed by atoms with van der Waals surface area (Å²) in [5.41, 5.74) is 2.22. The quantitative estimate of drug-likeness (QED) is 0.574. The molecule has 34 heavy (non-hydrogen) atoms. The molecule has 3 heterocycles. The van der Waals surface area contributed by atoms with E-state index in [0.29, 0.717) is 31.8 Å². The predicted molar refractivity (Wildman–Crippen MR) is 127 cm³/mol. The highest BCUT2D eigenvalue weighted by Gasteiger charge is 2.36. The molecule has 0 aliphatic carbocycles. The molecule has 1 fully saturated rings. The molecule has 0 saturated carbocycles. The first kappa shape index (κ1) is 23.5. The normalized spacial score (nSPS) is 19.7. The van der Waals surface area contributed by atoms with Crippen molar-refractivity contribution in [1.82, 2.24) is 9.97 Å². The lowest BCUT2D eigenvalue weighted by Gasteiger charge is -2.32. The summed E-state index contributed by atoms with van der Waals surface area (Å²) in [4.78, 5) is 59.8. The number of H-pyrrole nitrogens is 1. The molecule has 4 rings (SSSR count). The predicted octanol–water partition coefficient (Wildman–Crippen LogP) is 2.23. The van der Waals surface area contributed by atoms with Gasteiger partial charge in [0, 0.05) is 25.2 Å². The third-order valence-electron chi connectivity index (χ3n) is 6.24. The number of rotatable bonds is 5. The summed E-state index contributed by atoms with van der Waals surface area (Å²) in [6.07, 6.45) is 1.28. The lowest BCUT2D eigenvalue weighted by molar-refractivity contribution is -0.148. The van der Waals surface area contributed by atoms with Crippen molar-refractivity contribution >= 4 is 35.2 Å². The van der Waals surface area contributed by atoms with Gasteiger partial charge in [-0.2, -0.15) is 4.98 Å². The topological polar surface area (TPSA) is 133 Å². The number of ether oxygens (including phenoxy) is 1. The molecule has 10 heteroatoms. The summed E-state index contributed by atoms with van der Waals surface area (Å²) in [6.45, 7) is 6.86. The van der Waals surface area contributed by atoms with E-state index in [1.165, 1.54) is 0 Å². The van der Waals surface area contributed by atoms with Gasteiger partial charge in [-0.1, -0.05) is 17.7 Å². The third kappa shape index (κ3) is 4.80. The number of hydrogen-bond donors (Lipinski definition) is 3. The van der Waals surface area contributed by atoms with Crippen LogP contribution in [0.15, 0.2) is 23.0 Å². The zero-order chi connectivity index (χ0) is 24.4. The fourth-order valence-electron chi connectivity index (χ4n) is 4.53. The Labute approximate surface area is 197 Å². The lowest BCUT2D eigenvalue weighted by Crippen LogP contribution is -2.42. The van der Waals surface area contributed by atoms with Crippen LogP contribution in [0.25, 0.3) is 0 Å². The maximum Gasteiger partial charge on any atom is 0.310 e. The fraction of sp³-hybridized carbons (Fsp3) is 0.458. The minimum Gasteiger partial charge on any atom is -0.466 e. The smallest absolute Gasteiger partial charge is 0.310 e. The summed E-state index contributed by atoms with van der Waals surface area (Å²) in [7, 11) is 0. The number of nitrogens with zero attached hydrogens (tertiary/aromatic N) is 2. The van der Waals surface area contributed by atoms with Crippen LogP contribution in [0.1, 0.15) is 48.8 Å². The second-order valence-corrected chi connectivity index (χ2v) is 8.80. The van der Waals surface area contributed by atoms with Gasteiger partial charge in [-0.25, -0.2) is 0 Å². The maximum absolute atomic E-state index is 13.1. The number of benzene rings is 1. The first-order valence-corrected chi connectivity index (χ1v) is 11.5. The van der Waals surface area contributed by atoms with Crippen LogP contribution in [-0.2, 0) is 19.1 Å². The number of carbonyl (C=O) groups excluding carboxylic acids is 3. The highest BCUT2D eigenvalue weighted by molar-refractivity contribution is 6.04. The largest absolute Gasteiger partial charge is 0.466 e. The van der Waals surface area contributed by atoms with E-state index in [1.54, 1.807) is 17.9 Å². The monoisotopic (exact) mass is 467 g/mol. The Bertz CT molecular complexity index is 1190. The van der Waals surface area contributed by atoms with E-state index in [-0.39, 0.29) is 41.5 Å². The van der Waals surface area contributed by atoms with Crippen molar-refractivity contribution in [3.05, 3.63) is 45.2 Å². The third-order valence-corrected chi connectivity index (χ3v) is 6.24. The molecule has 2 unspecified atom stereocenters. The molecule has 2 atom stereocenters. The number of aromatic nitrogens is 2. The van der Waals surface area contributed by atoms with Gasteiger partial charge in [-0.3, -0.25) is 24.2 Å². The standard InChI is InChI=1S/C24H29N5O5/c1-4-34-23(33)15-6-5-9-29(12-15)24-27-20-19(22(32)28-24)16(11-18(30)26-20)21(31)25-17-8-7-13(2)10-14(17)3/h7-8,10,15-16H,4-6,9,11-12H2,1-3H3,(H,25,31)(H2,26,27,28,30,32). The van der Waals surface area contributed by atoms with Gasteiger partial charge in [-0.15, -0.1) is 0 Å². The Morgan fingerprint density at radius 2 is 2.06 bits per heavy atom. The molecule has 1 saturated heterocycles. The first-order valence-electron chi connectivity index (χ1n) is 11.5. The van der Waals surface area contributed by atoms with Gasteiger partial charge in [0.15, 0.2) is 0 Å². The van der Waals surface area contributed by atoms with E-state index in [4.69, 9.17) is 4.74 Å². The van der Waals surface area contributed by atoms with Gasteiger partial charge in [0.2, 0.25) is 17.8 Å². The van der Waals surface area contributed by atoms with Crippen LogP contribution in [0.2, 0.25) is 0 Å². The van der Waals surface area contributed by atoms with Crippen molar-refractivity contribution in [3.8, 4) is 0 Å². The van der Waals surface area contributed by atoms with Crippen LogP contribution in [0.3, 0.4) is 0 Å². The maximum atomic E-state index is 13.1. The van der Waals surface area contributed by atoms with Gasteiger partial charge in [0.05, 0.1) is 24.0 Å². The van der Waals surface area contributed by atoms with Crippen molar-refractivity contribution in [2.75, 3.05) is 35.2 Å². The number of esters is 1.